The van der Waals surface area contributed by atoms with Gasteiger partial charge in [-0.15, -0.1) is 0 Å². The molecule has 0 spiro atoms. The Bertz CT molecular complexity index is 233. The normalized spacial score (nSPS) is 29.2. The van der Waals surface area contributed by atoms with Crippen molar-refractivity contribution in [3.63, 3.8) is 0 Å². The Morgan fingerprint density at radius 2 is 2.06 bits per heavy atom. The van der Waals surface area contributed by atoms with Gasteiger partial charge in [-0.25, -0.2) is 0 Å². The summed E-state index contributed by atoms with van der Waals surface area (Å²) in [5.74, 6) is 2.07. The lowest BCUT2D eigenvalue weighted by atomic mass is 9.81. The molecule has 1 aliphatic carbocycles. The number of nitrogens with one attached hydrogen (secondary N) is 1. The van der Waals surface area contributed by atoms with Crippen molar-refractivity contribution in [3.8, 4) is 0 Å². The number of hydrogen-bond acceptors (Lipinski definition) is 3. The summed E-state index contributed by atoms with van der Waals surface area (Å²) in [5.41, 5.74) is -0.0120. The number of aliphatic hydroxyl groups excluding tert-OH is 1. The van der Waals surface area contributed by atoms with E-state index in [0.717, 1.165) is 24.0 Å². The summed E-state index contributed by atoms with van der Waals surface area (Å²) in [6.07, 6.45) is 6.14. The average Bonchev–Trinajstić information content (AvgIpc) is 2.28. The minimum atomic E-state index is -0.0120. The van der Waals surface area contributed by atoms with Crippen LogP contribution in [0.1, 0.15) is 59.8 Å². The molecule has 1 fully saturated rings. The van der Waals surface area contributed by atoms with E-state index in [4.69, 9.17) is 0 Å². The molecule has 0 saturated heterocycles. The molecule has 1 aliphatic rings. The standard InChI is InChI=1S/C15H31NOS/c1-12(2)7-9-18-14-6-5-8-15(10-14,11-17)16-13(3)4/h12-14,16-17H,5-11H2,1-4H3. The second-order valence-electron chi connectivity index (χ2n) is 6.51. The van der Waals surface area contributed by atoms with Gasteiger partial charge in [0.15, 0.2) is 0 Å². The second kappa shape index (κ2) is 7.76. The molecule has 18 heavy (non-hydrogen) atoms. The first-order chi connectivity index (χ1) is 8.47. The van der Waals surface area contributed by atoms with Crippen LogP contribution in [0.15, 0.2) is 0 Å². The van der Waals surface area contributed by atoms with E-state index in [-0.39, 0.29) is 12.1 Å². The van der Waals surface area contributed by atoms with Gasteiger partial charge in [-0.3, -0.25) is 0 Å². The second-order valence-corrected chi connectivity index (χ2v) is 7.92. The lowest BCUT2D eigenvalue weighted by Gasteiger charge is -2.41. The molecule has 0 bridgehead atoms. The smallest absolute Gasteiger partial charge is 0.0613 e. The maximum absolute atomic E-state index is 9.75. The Morgan fingerprint density at radius 3 is 2.61 bits per heavy atom. The van der Waals surface area contributed by atoms with E-state index >= 15 is 0 Å². The third kappa shape index (κ3) is 5.50. The van der Waals surface area contributed by atoms with Gasteiger partial charge < -0.3 is 10.4 Å². The number of aliphatic hydroxyl groups is 1. The molecule has 1 saturated carbocycles. The molecule has 0 heterocycles. The zero-order valence-electron chi connectivity index (χ0n) is 12.5. The van der Waals surface area contributed by atoms with Crippen molar-refractivity contribution in [2.24, 2.45) is 5.92 Å². The largest absolute Gasteiger partial charge is 0.394 e. The lowest BCUT2D eigenvalue weighted by molar-refractivity contribution is 0.115. The molecule has 2 nitrogen and oxygen atoms in total. The summed E-state index contributed by atoms with van der Waals surface area (Å²) in [7, 11) is 0. The fourth-order valence-corrected chi connectivity index (χ4v) is 4.56. The first kappa shape index (κ1) is 16.3. The van der Waals surface area contributed by atoms with Crippen molar-refractivity contribution >= 4 is 11.8 Å². The number of hydrogen-bond donors (Lipinski definition) is 2. The molecule has 3 heteroatoms. The lowest BCUT2D eigenvalue weighted by Crippen LogP contribution is -2.54. The maximum atomic E-state index is 9.75. The molecule has 1 rings (SSSR count). The van der Waals surface area contributed by atoms with Crippen molar-refractivity contribution in [1.29, 1.82) is 0 Å². The van der Waals surface area contributed by atoms with Crippen LogP contribution in [0.3, 0.4) is 0 Å². The zero-order chi connectivity index (χ0) is 13.6. The van der Waals surface area contributed by atoms with Crippen LogP contribution in [-0.2, 0) is 0 Å². The van der Waals surface area contributed by atoms with Gasteiger partial charge in [0.25, 0.3) is 0 Å². The van der Waals surface area contributed by atoms with Gasteiger partial charge in [0.1, 0.15) is 0 Å². The average molecular weight is 273 g/mol. The minimum Gasteiger partial charge on any atom is -0.394 e. The molecule has 2 N–H and O–H groups in total. The Hall–Kier alpha value is 0.270. The summed E-state index contributed by atoms with van der Waals surface area (Å²) in [4.78, 5) is 0. The van der Waals surface area contributed by atoms with Crippen molar-refractivity contribution in [1.82, 2.24) is 5.32 Å². The highest BCUT2D eigenvalue weighted by Crippen LogP contribution is 2.35. The zero-order valence-corrected chi connectivity index (χ0v) is 13.4. The van der Waals surface area contributed by atoms with Crippen LogP contribution in [-0.4, -0.2) is 34.3 Å². The molecule has 0 aromatic carbocycles. The van der Waals surface area contributed by atoms with Crippen LogP contribution in [0.5, 0.6) is 0 Å². The fourth-order valence-electron chi connectivity index (χ4n) is 2.85. The third-order valence-electron chi connectivity index (χ3n) is 3.75. The van der Waals surface area contributed by atoms with E-state index in [1.807, 2.05) is 0 Å². The van der Waals surface area contributed by atoms with E-state index in [9.17, 15) is 5.11 Å². The van der Waals surface area contributed by atoms with Gasteiger partial charge in [-0.05, 0) is 37.4 Å². The molecule has 108 valence electrons. The predicted molar refractivity (Wildman–Crippen MR) is 82.3 cm³/mol. The predicted octanol–water partition coefficient (Wildman–Crippen LogP) is 3.44. The fraction of sp³-hybridized carbons (Fsp3) is 1.00. The topological polar surface area (TPSA) is 32.3 Å². The van der Waals surface area contributed by atoms with Crippen LogP contribution in [0.4, 0.5) is 0 Å². The molecule has 0 amide bonds. The van der Waals surface area contributed by atoms with E-state index in [1.54, 1.807) is 0 Å². The van der Waals surface area contributed by atoms with E-state index in [1.165, 1.54) is 25.0 Å². The van der Waals surface area contributed by atoms with Gasteiger partial charge in [-0.1, -0.05) is 34.1 Å². The van der Waals surface area contributed by atoms with Crippen LogP contribution in [0, 0.1) is 5.92 Å². The van der Waals surface area contributed by atoms with Gasteiger partial charge in [0.05, 0.1) is 6.61 Å². The minimum absolute atomic E-state index is 0.0120. The Labute approximate surface area is 117 Å². The first-order valence-electron chi connectivity index (χ1n) is 7.47. The van der Waals surface area contributed by atoms with Gasteiger partial charge in [0, 0.05) is 16.8 Å². The molecule has 0 aliphatic heterocycles. The summed E-state index contributed by atoms with van der Waals surface area (Å²) in [5, 5.41) is 14.1. The van der Waals surface area contributed by atoms with Crippen molar-refractivity contribution in [2.45, 2.75) is 76.6 Å². The van der Waals surface area contributed by atoms with Crippen LogP contribution in [0.2, 0.25) is 0 Å². The summed E-state index contributed by atoms with van der Waals surface area (Å²) in [6.45, 7) is 9.21. The van der Waals surface area contributed by atoms with Crippen molar-refractivity contribution < 1.29 is 5.11 Å². The SMILES string of the molecule is CC(C)CCSC1CCCC(CO)(NC(C)C)C1. The summed E-state index contributed by atoms with van der Waals surface area (Å²) < 4.78 is 0. The van der Waals surface area contributed by atoms with E-state index in [0.29, 0.717) is 6.04 Å². The molecule has 0 aromatic heterocycles. The monoisotopic (exact) mass is 273 g/mol. The Kier molecular flexibility index (Phi) is 7.04. The van der Waals surface area contributed by atoms with Gasteiger partial charge in [0.2, 0.25) is 0 Å². The molecule has 0 aromatic rings. The molecule has 2 atom stereocenters. The number of rotatable bonds is 7. The Balaban J connectivity index is 2.42. The van der Waals surface area contributed by atoms with Gasteiger partial charge >= 0.3 is 0 Å². The molecular formula is C15H31NOS. The highest BCUT2D eigenvalue weighted by molar-refractivity contribution is 7.99. The molecule has 0 radical (unpaired) electrons. The Morgan fingerprint density at radius 1 is 1.33 bits per heavy atom. The third-order valence-corrected chi connectivity index (χ3v) is 5.09. The van der Waals surface area contributed by atoms with Crippen molar-refractivity contribution in [3.05, 3.63) is 0 Å². The maximum Gasteiger partial charge on any atom is 0.0613 e. The highest BCUT2D eigenvalue weighted by atomic mass is 32.2. The van der Waals surface area contributed by atoms with Crippen LogP contribution >= 0.6 is 11.8 Å². The number of thioether (sulfide) groups is 1. The molecular weight excluding hydrogens is 242 g/mol. The highest BCUT2D eigenvalue weighted by Gasteiger charge is 2.36. The van der Waals surface area contributed by atoms with E-state index < -0.39 is 0 Å². The molecule has 2 unspecified atom stereocenters. The van der Waals surface area contributed by atoms with Gasteiger partial charge in [-0.2, -0.15) is 11.8 Å². The van der Waals surface area contributed by atoms with E-state index in [2.05, 4.69) is 44.8 Å². The van der Waals surface area contributed by atoms with Crippen LogP contribution < -0.4 is 5.32 Å². The first-order valence-corrected chi connectivity index (χ1v) is 8.52. The van der Waals surface area contributed by atoms with Crippen molar-refractivity contribution in [2.75, 3.05) is 12.4 Å². The summed E-state index contributed by atoms with van der Waals surface area (Å²) in [6, 6.07) is 0.455. The quantitative estimate of drug-likeness (QED) is 0.745. The van der Waals surface area contributed by atoms with Crippen LogP contribution in [0.25, 0.3) is 0 Å². The summed E-state index contributed by atoms with van der Waals surface area (Å²) >= 11 is 2.12.